The molecule has 2 aromatic heterocycles. The Morgan fingerprint density at radius 2 is 2.21 bits per heavy atom. The van der Waals surface area contributed by atoms with Crippen LogP contribution in [0.4, 0.5) is 0 Å². The quantitative estimate of drug-likeness (QED) is 0.853. The Balaban J connectivity index is 2.11. The van der Waals surface area contributed by atoms with Crippen molar-refractivity contribution in [1.29, 1.82) is 0 Å². The van der Waals surface area contributed by atoms with Gasteiger partial charge in [0.1, 0.15) is 0 Å². The van der Waals surface area contributed by atoms with Gasteiger partial charge in [0.05, 0.1) is 28.0 Å². The number of thiazole rings is 2. The zero-order valence-electron chi connectivity index (χ0n) is 11.5. The van der Waals surface area contributed by atoms with E-state index in [1.807, 2.05) is 6.92 Å². The number of methoxy groups -OCH3 is 1. The SMILES string of the molecule is CCNCc1sc(Cc2csc(C)n2)nc1COC. The van der Waals surface area contributed by atoms with E-state index in [0.29, 0.717) is 6.61 Å². The highest BCUT2D eigenvalue weighted by Crippen LogP contribution is 2.22. The summed E-state index contributed by atoms with van der Waals surface area (Å²) >= 11 is 3.44. The fraction of sp³-hybridized carbons (Fsp3) is 0.538. The third-order valence-corrected chi connectivity index (χ3v) is 4.56. The van der Waals surface area contributed by atoms with Gasteiger partial charge in [-0.2, -0.15) is 0 Å². The second-order valence-electron chi connectivity index (χ2n) is 4.23. The zero-order valence-corrected chi connectivity index (χ0v) is 13.2. The van der Waals surface area contributed by atoms with Crippen molar-refractivity contribution in [3.63, 3.8) is 0 Å². The highest BCUT2D eigenvalue weighted by Gasteiger charge is 2.12. The van der Waals surface area contributed by atoms with E-state index in [1.165, 1.54) is 4.88 Å². The first-order valence-electron chi connectivity index (χ1n) is 6.31. The summed E-state index contributed by atoms with van der Waals surface area (Å²) in [5.41, 5.74) is 2.16. The van der Waals surface area contributed by atoms with Crippen molar-refractivity contribution in [3.05, 3.63) is 31.7 Å². The van der Waals surface area contributed by atoms with Crippen molar-refractivity contribution in [3.8, 4) is 0 Å². The molecule has 0 bridgehead atoms. The van der Waals surface area contributed by atoms with Gasteiger partial charge in [0, 0.05) is 30.3 Å². The molecule has 2 aromatic rings. The van der Waals surface area contributed by atoms with Crippen LogP contribution in [0.1, 0.15) is 33.2 Å². The third kappa shape index (κ3) is 4.07. The van der Waals surface area contributed by atoms with Crippen molar-refractivity contribution in [2.45, 2.75) is 33.4 Å². The average Bonchev–Trinajstić information content (AvgIpc) is 2.95. The summed E-state index contributed by atoms with van der Waals surface area (Å²) in [7, 11) is 1.71. The number of ether oxygens (including phenoxy) is 1. The molecular formula is C13H19N3OS2. The Hall–Kier alpha value is -0.820. The molecule has 0 fully saturated rings. The van der Waals surface area contributed by atoms with Crippen molar-refractivity contribution >= 4 is 22.7 Å². The number of nitrogens with zero attached hydrogens (tertiary/aromatic N) is 2. The first kappa shape index (κ1) is 14.6. The van der Waals surface area contributed by atoms with Crippen LogP contribution in [0.5, 0.6) is 0 Å². The molecule has 0 amide bonds. The molecule has 19 heavy (non-hydrogen) atoms. The van der Waals surface area contributed by atoms with Gasteiger partial charge in [0.15, 0.2) is 0 Å². The normalized spacial score (nSPS) is 11.1. The van der Waals surface area contributed by atoms with E-state index in [0.717, 1.165) is 40.9 Å². The molecule has 0 spiro atoms. The summed E-state index contributed by atoms with van der Waals surface area (Å²) < 4.78 is 5.22. The Kier molecular flexibility index (Phi) is 5.45. The molecule has 0 saturated heterocycles. The lowest BCUT2D eigenvalue weighted by Crippen LogP contribution is -2.12. The Labute approximate surface area is 121 Å². The van der Waals surface area contributed by atoms with Crippen LogP contribution in [0.2, 0.25) is 0 Å². The van der Waals surface area contributed by atoms with E-state index in [2.05, 4.69) is 27.6 Å². The minimum absolute atomic E-state index is 0.577. The smallest absolute Gasteiger partial charge is 0.0992 e. The first-order valence-corrected chi connectivity index (χ1v) is 8.00. The maximum atomic E-state index is 5.22. The summed E-state index contributed by atoms with van der Waals surface area (Å²) in [6, 6.07) is 0. The molecule has 0 radical (unpaired) electrons. The van der Waals surface area contributed by atoms with E-state index in [4.69, 9.17) is 4.74 Å². The van der Waals surface area contributed by atoms with Gasteiger partial charge in [-0.25, -0.2) is 9.97 Å². The zero-order chi connectivity index (χ0) is 13.7. The van der Waals surface area contributed by atoms with Gasteiger partial charge in [-0.05, 0) is 13.5 Å². The van der Waals surface area contributed by atoms with Crippen LogP contribution in [0.25, 0.3) is 0 Å². The lowest BCUT2D eigenvalue weighted by Gasteiger charge is -2.00. The molecule has 104 valence electrons. The van der Waals surface area contributed by atoms with Crippen molar-refractivity contribution in [2.75, 3.05) is 13.7 Å². The minimum Gasteiger partial charge on any atom is -0.378 e. The number of hydrogen-bond donors (Lipinski definition) is 1. The predicted octanol–water partition coefficient (Wildman–Crippen LogP) is 2.75. The molecule has 0 aliphatic carbocycles. The Morgan fingerprint density at radius 3 is 2.84 bits per heavy atom. The number of hydrogen-bond acceptors (Lipinski definition) is 6. The van der Waals surface area contributed by atoms with Crippen LogP contribution < -0.4 is 5.32 Å². The molecule has 1 N–H and O–H groups in total. The number of aromatic nitrogens is 2. The summed E-state index contributed by atoms with van der Waals surface area (Å²) in [5.74, 6) is 0. The maximum Gasteiger partial charge on any atom is 0.0992 e. The largest absolute Gasteiger partial charge is 0.378 e. The molecule has 2 rings (SSSR count). The fourth-order valence-corrected chi connectivity index (χ4v) is 3.45. The summed E-state index contributed by atoms with van der Waals surface area (Å²) in [6.07, 6.45) is 0.817. The lowest BCUT2D eigenvalue weighted by atomic mass is 10.3. The van der Waals surface area contributed by atoms with Crippen molar-refractivity contribution in [2.24, 2.45) is 0 Å². The average molecular weight is 297 g/mol. The standard InChI is InChI=1S/C13H19N3OS2/c1-4-14-6-12-11(7-17-3)16-13(19-12)5-10-8-18-9(2)15-10/h8,14H,4-7H2,1-3H3. The molecule has 0 saturated carbocycles. The van der Waals surface area contributed by atoms with Gasteiger partial charge >= 0.3 is 0 Å². The molecule has 2 heterocycles. The van der Waals surface area contributed by atoms with Crippen molar-refractivity contribution in [1.82, 2.24) is 15.3 Å². The lowest BCUT2D eigenvalue weighted by molar-refractivity contribution is 0.181. The number of rotatable bonds is 7. The highest BCUT2D eigenvalue weighted by atomic mass is 32.1. The van der Waals surface area contributed by atoms with E-state index in [1.54, 1.807) is 29.8 Å². The molecule has 0 atom stereocenters. The van der Waals surface area contributed by atoms with Crippen LogP contribution in [0, 0.1) is 6.92 Å². The second-order valence-corrected chi connectivity index (χ2v) is 6.46. The molecule has 0 aliphatic heterocycles. The predicted molar refractivity (Wildman–Crippen MR) is 79.9 cm³/mol. The fourth-order valence-electron chi connectivity index (χ4n) is 1.78. The topological polar surface area (TPSA) is 47.0 Å². The molecule has 0 aliphatic rings. The van der Waals surface area contributed by atoms with Crippen LogP contribution in [-0.2, 0) is 24.3 Å². The summed E-state index contributed by atoms with van der Waals surface area (Å²) in [5, 5.41) is 7.68. The van der Waals surface area contributed by atoms with E-state index >= 15 is 0 Å². The monoisotopic (exact) mass is 297 g/mol. The van der Waals surface area contributed by atoms with Gasteiger partial charge in [-0.3, -0.25) is 0 Å². The number of aryl methyl sites for hydroxylation is 1. The van der Waals surface area contributed by atoms with Gasteiger partial charge in [-0.1, -0.05) is 6.92 Å². The Morgan fingerprint density at radius 1 is 1.37 bits per heavy atom. The van der Waals surface area contributed by atoms with Crippen LogP contribution >= 0.6 is 22.7 Å². The molecule has 4 nitrogen and oxygen atoms in total. The van der Waals surface area contributed by atoms with E-state index in [-0.39, 0.29) is 0 Å². The third-order valence-electron chi connectivity index (χ3n) is 2.64. The highest BCUT2D eigenvalue weighted by molar-refractivity contribution is 7.11. The summed E-state index contributed by atoms with van der Waals surface area (Å²) in [6.45, 7) is 6.54. The molecular weight excluding hydrogens is 278 g/mol. The van der Waals surface area contributed by atoms with Gasteiger partial charge < -0.3 is 10.1 Å². The molecule has 0 unspecified atom stereocenters. The minimum atomic E-state index is 0.577. The van der Waals surface area contributed by atoms with E-state index < -0.39 is 0 Å². The van der Waals surface area contributed by atoms with Crippen LogP contribution in [-0.4, -0.2) is 23.6 Å². The van der Waals surface area contributed by atoms with Crippen molar-refractivity contribution < 1.29 is 4.74 Å². The van der Waals surface area contributed by atoms with Gasteiger partial charge in [-0.15, -0.1) is 22.7 Å². The van der Waals surface area contributed by atoms with Gasteiger partial charge in [0.25, 0.3) is 0 Å². The number of nitrogens with one attached hydrogen (secondary N) is 1. The van der Waals surface area contributed by atoms with Crippen LogP contribution in [0.15, 0.2) is 5.38 Å². The van der Waals surface area contributed by atoms with Gasteiger partial charge in [0.2, 0.25) is 0 Å². The summed E-state index contributed by atoms with van der Waals surface area (Å²) in [4.78, 5) is 10.4. The van der Waals surface area contributed by atoms with Crippen LogP contribution in [0.3, 0.4) is 0 Å². The second kappa shape index (κ2) is 7.09. The maximum absolute atomic E-state index is 5.22. The Bertz CT molecular complexity index is 522. The molecule has 0 aromatic carbocycles. The first-order chi connectivity index (χ1) is 9.22. The van der Waals surface area contributed by atoms with E-state index in [9.17, 15) is 0 Å². The molecule has 6 heteroatoms.